The number of ether oxygens (including phenoxy) is 1. The molecule has 0 fully saturated rings. The highest BCUT2D eigenvalue weighted by Gasteiger charge is 2.05. The summed E-state index contributed by atoms with van der Waals surface area (Å²) in [5.74, 6) is 1.29. The normalized spacial score (nSPS) is 10.3. The smallest absolute Gasteiger partial charge is 0.228 e. The topological polar surface area (TPSA) is 86.2 Å². The number of hydrogen-bond acceptors (Lipinski definition) is 6. The predicted octanol–water partition coefficient (Wildman–Crippen LogP) is 1.71. The van der Waals surface area contributed by atoms with Crippen molar-refractivity contribution in [1.82, 2.24) is 10.1 Å². The zero-order valence-electron chi connectivity index (χ0n) is 10.2. The molecule has 1 heterocycles. The molecule has 0 spiro atoms. The van der Waals surface area contributed by atoms with Crippen LogP contribution in [0.5, 0.6) is 5.75 Å². The first kappa shape index (κ1) is 12.2. The van der Waals surface area contributed by atoms with Gasteiger partial charge in [-0.2, -0.15) is 4.98 Å². The van der Waals surface area contributed by atoms with Crippen LogP contribution in [0.4, 0.5) is 11.4 Å². The summed E-state index contributed by atoms with van der Waals surface area (Å²) in [7, 11) is 0. The third-order valence-electron chi connectivity index (χ3n) is 2.43. The summed E-state index contributed by atoms with van der Waals surface area (Å²) in [5, 5.41) is 6.76. The molecule has 0 aliphatic carbocycles. The maximum atomic E-state index is 5.99. The van der Waals surface area contributed by atoms with Crippen molar-refractivity contribution in [3.63, 3.8) is 0 Å². The molecule has 0 saturated carbocycles. The lowest BCUT2D eigenvalue weighted by atomic mass is 10.2. The standard InChI is InChI=1S/C12H16N4O2/c1-2-17-10-5-3-4-9(12(10)13)14-7-6-11-15-8-16-18-11/h3-5,8,14H,2,6-7,13H2,1H3. The van der Waals surface area contributed by atoms with Crippen LogP contribution in [0, 0.1) is 0 Å². The zero-order valence-corrected chi connectivity index (χ0v) is 10.2. The van der Waals surface area contributed by atoms with Crippen molar-refractivity contribution in [2.75, 3.05) is 24.2 Å². The van der Waals surface area contributed by atoms with Gasteiger partial charge in [-0.3, -0.25) is 0 Å². The Balaban J connectivity index is 1.94. The van der Waals surface area contributed by atoms with Gasteiger partial charge in [0.2, 0.25) is 5.89 Å². The van der Waals surface area contributed by atoms with Crippen LogP contribution in [0.25, 0.3) is 0 Å². The van der Waals surface area contributed by atoms with Gasteiger partial charge in [-0.1, -0.05) is 11.2 Å². The van der Waals surface area contributed by atoms with Crippen molar-refractivity contribution in [3.8, 4) is 5.75 Å². The first-order valence-electron chi connectivity index (χ1n) is 5.82. The molecule has 0 bridgehead atoms. The average Bonchev–Trinajstić information content (AvgIpc) is 2.87. The number of hydrogen-bond donors (Lipinski definition) is 2. The highest BCUT2D eigenvalue weighted by Crippen LogP contribution is 2.29. The van der Waals surface area contributed by atoms with E-state index in [1.807, 2.05) is 25.1 Å². The molecule has 6 heteroatoms. The first-order chi connectivity index (χ1) is 8.81. The lowest BCUT2D eigenvalue weighted by Gasteiger charge is -2.12. The van der Waals surface area contributed by atoms with E-state index in [4.69, 9.17) is 15.0 Å². The zero-order chi connectivity index (χ0) is 12.8. The van der Waals surface area contributed by atoms with Gasteiger partial charge in [0.1, 0.15) is 5.75 Å². The van der Waals surface area contributed by atoms with E-state index < -0.39 is 0 Å². The van der Waals surface area contributed by atoms with Crippen molar-refractivity contribution in [2.24, 2.45) is 0 Å². The summed E-state index contributed by atoms with van der Waals surface area (Å²) in [6, 6.07) is 5.66. The Morgan fingerprint density at radius 1 is 1.44 bits per heavy atom. The van der Waals surface area contributed by atoms with E-state index in [9.17, 15) is 0 Å². The molecule has 2 rings (SSSR count). The van der Waals surface area contributed by atoms with E-state index in [0.29, 0.717) is 36.9 Å². The Kier molecular flexibility index (Phi) is 4.01. The number of rotatable bonds is 6. The number of nitrogens with one attached hydrogen (secondary N) is 1. The molecule has 0 unspecified atom stereocenters. The lowest BCUT2D eigenvalue weighted by molar-refractivity contribution is 0.342. The van der Waals surface area contributed by atoms with Gasteiger partial charge in [-0.15, -0.1) is 0 Å². The molecule has 0 amide bonds. The molecular weight excluding hydrogens is 232 g/mol. The minimum Gasteiger partial charge on any atom is -0.492 e. The van der Waals surface area contributed by atoms with Gasteiger partial charge >= 0.3 is 0 Å². The fourth-order valence-corrected chi connectivity index (χ4v) is 1.59. The number of nitrogens with zero attached hydrogens (tertiary/aromatic N) is 2. The van der Waals surface area contributed by atoms with Crippen molar-refractivity contribution in [2.45, 2.75) is 13.3 Å². The van der Waals surface area contributed by atoms with Crippen LogP contribution in [0.15, 0.2) is 29.0 Å². The number of anilines is 2. The number of para-hydroxylation sites is 1. The minimum atomic E-state index is 0.593. The molecule has 96 valence electrons. The monoisotopic (exact) mass is 248 g/mol. The highest BCUT2D eigenvalue weighted by atomic mass is 16.5. The van der Waals surface area contributed by atoms with E-state index in [-0.39, 0.29) is 0 Å². The van der Waals surface area contributed by atoms with Crippen LogP contribution in [-0.2, 0) is 6.42 Å². The summed E-state index contributed by atoms with van der Waals surface area (Å²) in [6.45, 7) is 3.19. The largest absolute Gasteiger partial charge is 0.492 e. The number of benzene rings is 1. The summed E-state index contributed by atoms with van der Waals surface area (Å²) < 4.78 is 10.3. The van der Waals surface area contributed by atoms with E-state index in [1.54, 1.807) is 0 Å². The number of nitrogens with two attached hydrogens (primary N) is 1. The summed E-state index contributed by atoms with van der Waals surface area (Å²) in [4.78, 5) is 3.94. The number of nitrogen functional groups attached to an aromatic ring is 1. The minimum absolute atomic E-state index is 0.593. The molecule has 2 aromatic rings. The predicted molar refractivity (Wildman–Crippen MR) is 68.5 cm³/mol. The van der Waals surface area contributed by atoms with Gasteiger partial charge in [0.15, 0.2) is 6.33 Å². The third kappa shape index (κ3) is 2.91. The van der Waals surface area contributed by atoms with Gasteiger partial charge in [0.05, 0.1) is 18.0 Å². The van der Waals surface area contributed by atoms with E-state index >= 15 is 0 Å². The Bertz CT molecular complexity index is 485. The number of aromatic nitrogens is 2. The molecule has 6 nitrogen and oxygen atoms in total. The van der Waals surface area contributed by atoms with Crippen LogP contribution in [0.1, 0.15) is 12.8 Å². The lowest BCUT2D eigenvalue weighted by Crippen LogP contribution is -2.08. The maximum absolute atomic E-state index is 5.99. The van der Waals surface area contributed by atoms with Crippen LogP contribution in [0.2, 0.25) is 0 Å². The maximum Gasteiger partial charge on any atom is 0.228 e. The SMILES string of the molecule is CCOc1cccc(NCCc2ncno2)c1N. The summed E-state index contributed by atoms with van der Waals surface area (Å²) in [6.07, 6.45) is 2.04. The second-order valence-corrected chi connectivity index (χ2v) is 3.66. The summed E-state index contributed by atoms with van der Waals surface area (Å²) >= 11 is 0. The quantitative estimate of drug-likeness (QED) is 0.757. The van der Waals surface area contributed by atoms with Crippen molar-refractivity contribution in [3.05, 3.63) is 30.4 Å². The Morgan fingerprint density at radius 2 is 2.33 bits per heavy atom. The van der Waals surface area contributed by atoms with E-state index in [1.165, 1.54) is 6.33 Å². The molecular formula is C12H16N4O2. The first-order valence-corrected chi connectivity index (χ1v) is 5.82. The molecule has 0 atom stereocenters. The Morgan fingerprint density at radius 3 is 3.06 bits per heavy atom. The molecule has 0 aliphatic rings. The van der Waals surface area contributed by atoms with Crippen LogP contribution < -0.4 is 15.8 Å². The molecule has 0 saturated heterocycles. The molecule has 1 aromatic carbocycles. The molecule has 1 aromatic heterocycles. The van der Waals surface area contributed by atoms with Gasteiger partial charge in [0, 0.05) is 13.0 Å². The van der Waals surface area contributed by atoms with Crippen molar-refractivity contribution < 1.29 is 9.26 Å². The van der Waals surface area contributed by atoms with Gasteiger partial charge < -0.3 is 20.3 Å². The van der Waals surface area contributed by atoms with Crippen LogP contribution >= 0.6 is 0 Å². The molecule has 0 radical (unpaired) electrons. The Labute approximate surface area is 105 Å². The van der Waals surface area contributed by atoms with Crippen LogP contribution in [0.3, 0.4) is 0 Å². The molecule has 3 N–H and O–H groups in total. The van der Waals surface area contributed by atoms with E-state index in [2.05, 4.69) is 15.5 Å². The fraction of sp³-hybridized carbons (Fsp3) is 0.333. The molecule has 0 aliphatic heterocycles. The second-order valence-electron chi connectivity index (χ2n) is 3.66. The average molecular weight is 248 g/mol. The van der Waals surface area contributed by atoms with Gasteiger partial charge in [-0.05, 0) is 19.1 Å². The third-order valence-corrected chi connectivity index (χ3v) is 2.43. The van der Waals surface area contributed by atoms with Crippen molar-refractivity contribution >= 4 is 11.4 Å². The molecule has 18 heavy (non-hydrogen) atoms. The Hall–Kier alpha value is -2.24. The van der Waals surface area contributed by atoms with Crippen LogP contribution in [-0.4, -0.2) is 23.3 Å². The fourth-order valence-electron chi connectivity index (χ4n) is 1.59. The van der Waals surface area contributed by atoms with Gasteiger partial charge in [0.25, 0.3) is 0 Å². The van der Waals surface area contributed by atoms with Crippen molar-refractivity contribution in [1.29, 1.82) is 0 Å². The van der Waals surface area contributed by atoms with E-state index in [0.717, 1.165) is 5.69 Å². The van der Waals surface area contributed by atoms with Gasteiger partial charge in [-0.25, -0.2) is 0 Å². The summed E-state index contributed by atoms with van der Waals surface area (Å²) in [5.41, 5.74) is 7.45. The highest BCUT2D eigenvalue weighted by molar-refractivity contribution is 5.72. The second kappa shape index (κ2) is 5.90.